The van der Waals surface area contributed by atoms with Crippen molar-refractivity contribution in [3.8, 4) is 0 Å². The molecule has 1 aliphatic rings. The van der Waals surface area contributed by atoms with Crippen LogP contribution in [-0.4, -0.2) is 100 Å². The lowest BCUT2D eigenvalue weighted by Crippen LogP contribution is -2.60. The zero-order valence-electron chi connectivity index (χ0n) is 63.1. The van der Waals surface area contributed by atoms with E-state index in [0.717, 1.165) is 64.2 Å². The van der Waals surface area contributed by atoms with E-state index in [2.05, 4.69) is 55.6 Å². The largest absolute Gasteiger partial charge is 0.466 e. The predicted octanol–water partition coefficient (Wildman–Crippen LogP) is 23.0. The molecule has 96 heavy (non-hydrogen) atoms. The highest BCUT2D eigenvalue weighted by atomic mass is 16.7. The summed E-state index contributed by atoms with van der Waals surface area (Å²) in [5.41, 5.74) is 0. The molecule has 0 saturated carbocycles. The van der Waals surface area contributed by atoms with Gasteiger partial charge in [-0.1, -0.05) is 364 Å². The minimum absolute atomic E-state index is 0.00776. The zero-order chi connectivity index (χ0) is 69.4. The van der Waals surface area contributed by atoms with Gasteiger partial charge in [0.25, 0.3) is 0 Å². The van der Waals surface area contributed by atoms with Gasteiger partial charge in [-0.15, -0.1) is 0 Å². The second kappa shape index (κ2) is 73.8. The van der Waals surface area contributed by atoms with Gasteiger partial charge < -0.3 is 45.1 Å². The van der Waals surface area contributed by atoms with Gasteiger partial charge in [0.2, 0.25) is 5.91 Å². The van der Waals surface area contributed by atoms with Crippen molar-refractivity contribution in [1.82, 2.24) is 5.32 Å². The van der Waals surface area contributed by atoms with Gasteiger partial charge in [-0.2, -0.15) is 0 Å². The van der Waals surface area contributed by atoms with Crippen LogP contribution in [0.2, 0.25) is 0 Å². The number of hydrogen-bond donors (Lipinski definition) is 6. The van der Waals surface area contributed by atoms with Crippen LogP contribution in [0.25, 0.3) is 0 Å². The monoisotopic (exact) mass is 1350 g/mol. The van der Waals surface area contributed by atoms with Crippen LogP contribution in [-0.2, 0) is 23.8 Å². The lowest BCUT2D eigenvalue weighted by atomic mass is 9.99. The molecule has 0 aromatic rings. The number of unbranched alkanes of at least 4 members (excludes halogenated alkanes) is 55. The maximum atomic E-state index is 13.1. The topological polar surface area (TPSA) is 175 Å². The van der Waals surface area contributed by atoms with Crippen molar-refractivity contribution in [3.63, 3.8) is 0 Å². The SMILES string of the molecule is CCCCCCCCC/C=C\CCCCCCCC(=O)OCCCCCCCCCCCCCCCCC/C=C\C/C=C\CCCCCCCCCCCCCCCCCCCC(=O)NC(COC1OC(CO)C(O)C(O)C1O)C(O)/C=C/CCCCCCCCCCCCC. The van der Waals surface area contributed by atoms with E-state index in [1.807, 2.05) is 6.08 Å². The van der Waals surface area contributed by atoms with Crippen LogP contribution in [0.3, 0.4) is 0 Å². The summed E-state index contributed by atoms with van der Waals surface area (Å²) in [5, 5.41) is 54.6. The van der Waals surface area contributed by atoms with E-state index >= 15 is 0 Å². The number of esters is 1. The van der Waals surface area contributed by atoms with Crippen LogP contribution >= 0.6 is 0 Å². The first-order valence-electron chi connectivity index (χ1n) is 41.9. The first-order chi connectivity index (χ1) is 47.2. The van der Waals surface area contributed by atoms with E-state index in [9.17, 15) is 35.1 Å². The molecule has 11 nitrogen and oxygen atoms in total. The Morgan fingerprint density at radius 1 is 0.385 bits per heavy atom. The van der Waals surface area contributed by atoms with E-state index in [4.69, 9.17) is 14.2 Å². The van der Waals surface area contributed by atoms with E-state index in [0.29, 0.717) is 19.4 Å². The third-order valence-corrected chi connectivity index (χ3v) is 19.9. The van der Waals surface area contributed by atoms with Crippen LogP contribution in [0.5, 0.6) is 0 Å². The molecule has 7 unspecified atom stereocenters. The number of amides is 1. The number of ether oxygens (including phenoxy) is 3. The molecule has 6 N–H and O–H groups in total. The van der Waals surface area contributed by atoms with Crippen LogP contribution in [0.4, 0.5) is 0 Å². The minimum Gasteiger partial charge on any atom is -0.466 e. The van der Waals surface area contributed by atoms with Crippen molar-refractivity contribution in [1.29, 1.82) is 0 Å². The summed E-state index contributed by atoms with van der Waals surface area (Å²) in [7, 11) is 0. The Labute approximate surface area is 593 Å². The standard InChI is InChI=1S/C85H159NO10/c1-3-5-7-9-11-13-15-17-18-45-49-53-57-61-65-69-73-81(90)94-74-70-66-62-58-54-50-46-43-41-39-37-35-33-31-29-27-25-23-21-19-20-22-24-26-28-30-32-34-36-38-40-42-44-48-52-56-60-64-68-72-80(89)86-77(76-95-85-84(93)83(92)82(91)79(75-87)96-85)78(88)71-67-63-59-55-51-47-16-14-12-10-8-6-4-2/h18-20,23,25,45,67,71,77-79,82-85,87-88,91-93H,3-17,21-22,24,26-44,46-66,68-70,72-76H2,1-2H3,(H,86,89)/b20-19-,25-23-,45-18-,71-67+. The Balaban J connectivity index is 1.89. The number of carbonyl (C=O) groups is 2. The molecule has 1 fully saturated rings. The smallest absolute Gasteiger partial charge is 0.305 e. The molecule has 11 heteroatoms. The van der Waals surface area contributed by atoms with Gasteiger partial charge in [0.05, 0.1) is 32.0 Å². The van der Waals surface area contributed by atoms with Gasteiger partial charge in [0.1, 0.15) is 24.4 Å². The maximum Gasteiger partial charge on any atom is 0.305 e. The van der Waals surface area contributed by atoms with E-state index in [-0.39, 0.29) is 18.5 Å². The molecule has 1 rings (SSSR count). The first-order valence-corrected chi connectivity index (χ1v) is 41.9. The Morgan fingerprint density at radius 2 is 0.698 bits per heavy atom. The van der Waals surface area contributed by atoms with Crippen molar-refractivity contribution in [2.24, 2.45) is 0 Å². The molecule has 0 aliphatic carbocycles. The number of allylic oxidation sites excluding steroid dienone is 7. The maximum absolute atomic E-state index is 13.1. The van der Waals surface area contributed by atoms with Crippen LogP contribution in [0.15, 0.2) is 48.6 Å². The summed E-state index contributed by atoms with van der Waals surface area (Å²) in [6.45, 7) is 4.39. The highest BCUT2D eigenvalue weighted by Crippen LogP contribution is 2.24. The molecular formula is C85H159NO10. The summed E-state index contributed by atoms with van der Waals surface area (Å²) in [6, 6.07) is -0.808. The second-order valence-electron chi connectivity index (χ2n) is 29.2. The van der Waals surface area contributed by atoms with Crippen molar-refractivity contribution in [2.45, 2.75) is 461 Å². The Hall–Kier alpha value is -2.38. The summed E-state index contributed by atoms with van der Waals surface area (Å²) < 4.78 is 16.8. The molecule has 1 aliphatic heterocycles. The summed E-state index contributed by atoms with van der Waals surface area (Å²) in [6.07, 6.45) is 88.7. The van der Waals surface area contributed by atoms with Crippen molar-refractivity contribution in [3.05, 3.63) is 48.6 Å². The number of aliphatic hydroxyl groups excluding tert-OH is 5. The third kappa shape index (κ3) is 61.5. The second-order valence-corrected chi connectivity index (χ2v) is 29.2. The van der Waals surface area contributed by atoms with E-state index in [1.54, 1.807) is 6.08 Å². The molecule has 1 amide bonds. The average Bonchev–Trinajstić information content (AvgIpc) is 0.974. The number of aliphatic hydroxyl groups is 5. The van der Waals surface area contributed by atoms with Gasteiger partial charge in [0, 0.05) is 12.8 Å². The normalized spacial score (nSPS) is 17.5. The lowest BCUT2D eigenvalue weighted by molar-refractivity contribution is -0.302. The van der Waals surface area contributed by atoms with Crippen LogP contribution < -0.4 is 5.32 Å². The van der Waals surface area contributed by atoms with Gasteiger partial charge in [-0.25, -0.2) is 0 Å². The fourth-order valence-corrected chi connectivity index (χ4v) is 13.3. The van der Waals surface area contributed by atoms with Crippen molar-refractivity contribution >= 4 is 11.9 Å². The molecule has 564 valence electrons. The number of nitrogens with one attached hydrogen (secondary N) is 1. The number of rotatable bonds is 75. The lowest BCUT2D eigenvalue weighted by Gasteiger charge is -2.40. The van der Waals surface area contributed by atoms with Crippen molar-refractivity contribution in [2.75, 3.05) is 19.8 Å². The summed E-state index contributed by atoms with van der Waals surface area (Å²) in [5.74, 6) is -0.168. The summed E-state index contributed by atoms with van der Waals surface area (Å²) in [4.78, 5) is 25.2. The van der Waals surface area contributed by atoms with Gasteiger partial charge in [0.15, 0.2) is 6.29 Å². The Kier molecular flexibility index (Phi) is 70.5. The fourth-order valence-electron chi connectivity index (χ4n) is 13.3. The molecule has 0 radical (unpaired) electrons. The number of carbonyl (C=O) groups excluding carboxylic acids is 2. The molecule has 0 bridgehead atoms. The number of hydrogen-bond acceptors (Lipinski definition) is 10. The molecule has 0 aromatic carbocycles. The highest BCUT2D eigenvalue weighted by molar-refractivity contribution is 5.76. The average molecular weight is 1360 g/mol. The molecule has 1 heterocycles. The van der Waals surface area contributed by atoms with Crippen LogP contribution in [0.1, 0.15) is 418 Å². The fraction of sp³-hybridized carbons (Fsp3) is 0.882. The van der Waals surface area contributed by atoms with Crippen molar-refractivity contribution < 1.29 is 49.3 Å². The van der Waals surface area contributed by atoms with Crippen LogP contribution in [0, 0.1) is 0 Å². The summed E-state index contributed by atoms with van der Waals surface area (Å²) >= 11 is 0. The Bertz CT molecular complexity index is 1740. The molecular weight excluding hydrogens is 1190 g/mol. The van der Waals surface area contributed by atoms with Gasteiger partial charge in [-0.3, -0.25) is 9.59 Å². The zero-order valence-corrected chi connectivity index (χ0v) is 63.1. The van der Waals surface area contributed by atoms with E-state index in [1.165, 1.54) is 327 Å². The van der Waals surface area contributed by atoms with Gasteiger partial charge >= 0.3 is 5.97 Å². The highest BCUT2D eigenvalue weighted by Gasteiger charge is 2.44. The first kappa shape index (κ1) is 91.6. The minimum atomic E-state index is -1.57. The van der Waals surface area contributed by atoms with Gasteiger partial charge in [-0.05, 0) is 89.9 Å². The predicted molar refractivity (Wildman–Crippen MR) is 407 cm³/mol. The Morgan fingerprint density at radius 3 is 1.06 bits per heavy atom. The molecule has 0 spiro atoms. The molecule has 7 atom stereocenters. The molecule has 1 saturated heterocycles. The quantitative estimate of drug-likeness (QED) is 0.0195. The van der Waals surface area contributed by atoms with E-state index < -0.39 is 49.5 Å². The molecule has 0 aromatic heterocycles. The third-order valence-electron chi connectivity index (χ3n) is 19.9.